The summed E-state index contributed by atoms with van der Waals surface area (Å²) in [6.07, 6.45) is 4.79. The van der Waals surface area contributed by atoms with E-state index >= 15 is 0 Å². The quantitative estimate of drug-likeness (QED) is 0.455. The minimum absolute atomic E-state index is 0.0799. The smallest absolute Gasteiger partial charge is 0.263 e. The molecule has 5 nitrogen and oxygen atoms in total. The van der Waals surface area contributed by atoms with E-state index in [0.717, 1.165) is 36.1 Å². The van der Waals surface area contributed by atoms with Crippen molar-refractivity contribution in [2.24, 2.45) is 0 Å². The van der Waals surface area contributed by atoms with Crippen LogP contribution in [0.4, 0.5) is 5.69 Å². The molecule has 0 unspecified atom stereocenters. The van der Waals surface area contributed by atoms with Crippen LogP contribution in [0, 0.1) is 0 Å². The topological polar surface area (TPSA) is 64.0 Å². The molecule has 4 aromatic rings. The SMILES string of the molecule is CCCCc1ccc(NC(=O)Cn2cnc3scc(-c4ccccc4)c3c2=O)cc1. The van der Waals surface area contributed by atoms with E-state index in [-0.39, 0.29) is 18.0 Å². The van der Waals surface area contributed by atoms with E-state index < -0.39 is 0 Å². The van der Waals surface area contributed by atoms with Crippen LogP contribution in [0.5, 0.6) is 0 Å². The number of unbranched alkanes of at least 4 members (excludes halogenated alkanes) is 1. The number of anilines is 1. The lowest BCUT2D eigenvalue weighted by atomic mass is 10.1. The van der Waals surface area contributed by atoms with Gasteiger partial charge in [-0.2, -0.15) is 0 Å². The van der Waals surface area contributed by atoms with Gasteiger partial charge in [-0.3, -0.25) is 14.2 Å². The monoisotopic (exact) mass is 417 g/mol. The Hall–Kier alpha value is -3.25. The van der Waals surface area contributed by atoms with Gasteiger partial charge in [0.2, 0.25) is 5.91 Å². The van der Waals surface area contributed by atoms with Crippen molar-refractivity contribution in [3.8, 4) is 11.1 Å². The zero-order chi connectivity index (χ0) is 20.9. The molecule has 1 N–H and O–H groups in total. The molecular weight excluding hydrogens is 394 g/mol. The number of carbonyl (C=O) groups is 1. The van der Waals surface area contributed by atoms with Crippen LogP contribution in [0.25, 0.3) is 21.3 Å². The van der Waals surface area contributed by atoms with E-state index in [4.69, 9.17) is 0 Å². The van der Waals surface area contributed by atoms with Gasteiger partial charge in [0.1, 0.15) is 11.4 Å². The Bertz CT molecular complexity index is 1210. The summed E-state index contributed by atoms with van der Waals surface area (Å²) in [5, 5.41) is 5.37. The van der Waals surface area contributed by atoms with E-state index in [0.29, 0.717) is 10.2 Å². The van der Waals surface area contributed by atoms with Crippen LogP contribution in [0.1, 0.15) is 25.3 Å². The van der Waals surface area contributed by atoms with Gasteiger partial charge in [-0.05, 0) is 36.1 Å². The Morgan fingerprint density at radius 2 is 1.87 bits per heavy atom. The Kier molecular flexibility index (Phi) is 6.05. The van der Waals surface area contributed by atoms with Gasteiger partial charge >= 0.3 is 0 Å². The van der Waals surface area contributed by atoms with Crippen LogP contribution in [-0.4, -0.2) is 15.5 Å². The molecule has 4 rings (SSSR count). The highest BCUT2D eigenvalue weighted by molar-refractivity contribution is 7.17. The van der Waals surface area contributed by atoms with Gasteiger partial charge in [0.15, 0.2) is 0 Å². The first kappa shape index (κ1) is 20.0. The summed E-state index contributed by atoms with van der Waals surface area (Å²) in [4.78, 5) is 30.7. The van der Waals surface area contributed by atoms with Crippen LogP contribution in [-0.2, 0) is 17.8 Å². The number of aryl methyl sites for hydroxylation is 1. The molecule has 2 heterocycles. The number of hydrogen-bond acceptors (Lipinski definition) is 4. The number of carbonyl (C=O) groups excluding carboxylic acids is 1. The highest BCUT2D eigenvalue weighted by Gasteiger charge is 2.14. The lowest BCUT2D eigenvalue weighted by Gasteiger charge is -2.09. The van der Waals surface area contributed by atoms with E-state index in [1.54, 1.807) is 0 Å². The predicted octanol–water partition coefficient (Wildman–Crippen LogP) is 5.11. The molecule has 0 radical (unpaired) electrons. The molecule has 0 fully saturated rings. The molecule has 2 aromatic heterocycles. The van der Waals surface area contributed by atoms with Crippen molar-refractivity contribution in [2.45, 2.75) is 32.7 Å². The molecule has 152 valence electrons. The van der Waals surface area contributed by atoms with Gasteiger partial charge in [-0.15, -0.1) is 11.3 Å². The molecule has 0 bridgehead atoms. The van der Waals surface area contributed by atoms with E-state index in [9.17, 15) is 9.59 Å². The van der Waals surface area contributed by atoms with Gasteiger partial charge < -0.3 is 5.32 Å². The van der Waals surface area contributed by atoms with Gasteiger partial charge in [0.25, 0.3) is 5.56 Å². The minimum Gasteiger partial charge on any atom is -0.325 e. The Morgan fingerprint density at radius 3 is 2.60 bits per heavy atom. The fraction of sp³-hybridized carbons (Fsp3) is 0.208. The van der Waals surface area contributed by atoms with Gasteiger partial charge in [0, 0.05) is 16.6 Å². The van der Waals surface area contributed by atoms with Crippen molar-refractivity contribution in [3.63, 3.8) is 0 Å². The number of amides is 1. The van der Waals surface area contributed by atoms with E-state index in [1.807, 2.05) is 60.0 Å². The number of nitrogens with zero attached hydrogens (tertiary/aromatic N) is 2. The van der Waals surface area contributed by atoms with Crippen LogP contribution in [0.3, 0.4) is 0 Å². The van der Waals surface area contributed by atoms with Crippen molar-refractivity contribution in [2.75, 3.05) is 5.32 Å². The van der Waals surface area contributed by atoms with Gasteiger partial charge in [-0.1, -0.05) is 55.8 Å². The fourth-order valence-electron chi connectivity index (χ4n) is 3.40. The number of nitrogens with one attached hydrogen (secondary N) is 1. The van der Waals surface area contributed by atoms with Crippen molar-refractivity contribution in [1.82, 2.24) is 9.55 Å². The second-order valence-corrected chi connectivity index (χ2v) is 8.08. The third-order valence-corrected chi connectivity index (χ3v) is 5.90. The van der Waals surface area contributed by atoms with Gasteiger partial charge in [-0.25, -0.2) is 4.98 Å². The Labute approximate surface area is 179 Å². The highest BCUT2D eigenvalue weighted by atomic mass is 32.1. The zero-order valence-corrected chi connectivity index (χ0v) is 17.6. The average molecular weight is 418 g/mol. The Morgan fingerprint density at radius 1 is 1.10 bits per heavy atom. The Balaban J connectivity index is 1.53. The second kappa shape index (κ2) is 9.05. The maximum absolute atomic E-state index is 13.1. The largest absolute Gasteiger partial charge is 0.325 e. The van der Waals surface area contributed by atoms with Crippen molar-refractivity contribution in [1.29, 1.82) is 0 Å². The second-order valence-electron chi connectivity index (χ2n) is 7.22. The number of aromatic nitrogens is 2. The minimum atomic E-state index is -0.254. The van der Waals surface area contributed by atoms with Crippen molar-refractivity contribution >= 4 is 33.1 Å². The lowest BCUT2D eigenvalue weighted by Crippen LogP contribution is -2.27. The summed E-state index contributed by atoms with van der Waals surface area (Å²) in [5.41, 5.74) is 3.60. The maximum atomic E-state index is 13.1. The number of benzene rings is 2. The first-order valence-corrected chi connectivity index (χ1v) is 10.9. The number of hydrogen-bond donors (Lipinski definition) is 1. The highest BCUT2D eigenvalue weighted by Crippen LogP contribution is 2.30. The van der Waals surface area contributed by atoms with Crippen LogP contribution in [0.15, 0.2) is 71.1 Å². The average Bonchev–Trinajstić information content (AvgIpc) is 3.21. The third kappa shape index (κ3) is 4.33. The predicted molar refractivity (Wildman–Crippen MR) is 123 cm³/mol. The molecule has 2 aromatic carbocycles. The maximum Gasteiger partial charge on any atom is 0.263 e. The first-order chi connectivity index (χ1) is 14.7. The standard InChI is InChI=1S/C24H23N3O2S/c1-2-3-7-17-10-12-19(13-11-17)26-21(28)14-27-16-25-23-22(24(27)29)20(15-30-23)18-8-5-4-6-9-18/h4-6,8-13,15-16H,2-3,7,14H2,1H3,(H,26,28). The molecule has 6 heteroatoms. The summed E-state index contributed by atoms with van der Waals surface area (Å²) in [7, 11) is 0. The summed E-state index contributed by atoms with van der Waals surface area (Å²) in [6.45, 7) is 2.09. The van der Waals surface area contributed by atoms with Crippen LogP contribution >= 0.6 is 11.3 Å². The summed E-state index contributed by atoms with van der Waals surface area (Å²) in [5.74, 6) is -0.254. The van der Waals surface area contributed by atoms with Crippen LogP contribution in [0.2, 0.25) is 0 Å². The van der Waals surface area contributed by atoms with Gasteiger partial charge in [0.05, 0.1) is 11.7 Å². The molecule has 0 spiro atoms. The number of thiophene rings is 1. The molecule has 0 aliphatic rings. The summed E-state index contributed by atoms with van der Waals surface area (Å²) in [6, 6.07) is 17.6. The molecule has 0 saturated carbocycles. The molecule has 0 aliphatic heterocycles. The molecular formula is C24H23N3O2S. The molecule has 0 saturated heterocycles. The van der Waals surface area contributed by atoms with Crippen LogP contribution < -0.4 is 10.9 Å². The zero-order valence-electron chi connectivity index (χ0n) is 16.8. The first-order valence-electron chi connectivity index (χ1n) is 10.1. The summed E-state index contributed by atoms with van der Waals surface area (Å²) < 4.78 is 1.37. The third-order valence-electron chi connectivity index (χ3n) is 5.02. The normalized spacial score (nSPS) is 11.0. The van der Waals surface area contributed by atoms with Crippen molar-refractivity contribution < 1.29 is 4.79 Å². The van der Waals surface area contributed by atoms with E-state index in [2.05, 4.69) is 17.2 Å². The molecule has 0 aliphatic carbocycles. The number of fused-ring (bicyclic) bond motifs is 1. The summed E-state index contributed by atoms with van der Waals surface area (Å²) >= 11 is 1.43. The fourth-order valence-corrected chi connectivity index (χ4v) is 4.31. The van der Waals surface area contributed by atoms with Crippen molar-refractivity contribution in [3.05, 3.63) is 82.2 Å². The molecule has 30 heavy (non-hydrogen) atoms. The lowest BCUT2D eigenvalue weighted by molar-refractivity contribution is -0.116. The molecule has 1 amide bonds. The number of rotatable bonds is 7. The van der Waals surface area contributed by atoms with E-state index in [1.165, 1.54) is 27.8 Å². The molecule has 0 atom stereocenters.